The van der Waals surface area contributed by atoms with E-state index in [0.29, 0.717) is 0 Å². The fourth-order valence-electron chi connectivity index (χ4n) is 1.90. The van der Waals surface area contributed by atoms with E-state index in [9.17, 15) is 5.11 Å². The lowest BCUT2D eigenvalue weighted by molar-refractivity contribution is 0.259. The van der Waals surface area contributed by atoms with Crippen LogP contribution in [0.2, 0.25) is 0 Å². The summed E-state index contributed by atoms with van der Waals surface area (Å²) in [5, 5.41) is 11.6. The molecule has 1 nitrogen and oxygen atoms in total. The molecular weight excluding hydrogens is 296 g/mol. The predicted molar refractivity (Wildman–Crippen MR) is 76.6 cm³/mol. The van der Waals surface area contributed by atoms with Crippen molar-refractivity contribution in [3.05, 3.63) is 56.7 Å². The van der Waals surface area contributed by atoms with E-state index in [1.165, 1.54) is 10.4 Å². The first-order valence-electron chi connectivity index (χ1n) is 5.68. The molecule has 1 N–H and O–H groups in total. The molecule has 0 aliphatic heterocycles. The monoisotopic (exact) mass is 310 g/mol. The summed E-state index contributed by atoms with van der Waals surface area (Å²) < 4.78 is 1.07. The van der Waals surface area contributed by atoms with Gasteiger partial charge in [-0.05, 0) is 42.0 Å². The highest BCUT2D eigenvalue weighted by Crippen LogP contribution is 2.25. The Balaban J connectivity index is 2.01. The van der Waals surface area contributed by atoms with Crippen molar-refractivity contribution in [1.29, 1.82) is 0 Å². The number of thiophene rings is 1. The van der Waals surface area contributed by atoms with Gasteiger partial charge in [-0.25, -0.2) is 0 Å². The average Bonchev–Trinajstić information content (AvgIpc) is 2.83. The SMILES string of the molecule is OCC(CCc1cccs1)c1cccc(Br)c1. The number of hydrogen-bond acceptors (Lipinski definition) is 2. The van der Waals surface area contributed by atoms with Crippen molar-refractivity contribution in [1.82, 2.24) is 0 Å². The van der Waals surface area contributed by atoms with Crippen LogP contribution in [-0.4, -0.2) is 11.7 Å². The second-order valence-electron chi connectivity index (χ2n) is 4.05. The van der Waals surface area contributed by atoms with Gasteiger partial charge in [-0.2, -0.15) is 0 Å². The molecular formula is C14H15BrOS. The van der Waals surface area contributed by atoms with Crippen LogP contribution in [0.4, 0.5) is 0 Å². The second-order valence-corrected chi connectivity index (χ2v) is 6.00. The third-order valence-electron chi connectivity index (χ3n) is 2.86. The molecule has 0 radical (unpaired) electrons. The Hall–Kier alpha value is -0.640. The first kappa shape index (κ1) is 12.8. The van der Waals surface area contributed by atoms with E-state index < -0.39 is 0 Å². The van der Waals surface area contributed by atoms with Crippen LogP contribution in [0.1, 0.15) is 22.8 Å². The normalized spacial score (nSPS) is 12.6. The number of rotatable bonds is 5. The van der Waals surface area contributed by atoms with Crippen molar-refractivity contribution < 1.29 is 5.11 Å². The maximum atomic E-state index is 9.49. The van der Waals surface area contributed by atoms with Crippen LogP contribution in [0.3, 0.4) is 0 Å². The summed E-state index contributed by atoms with van der Waals surface area (Å²) in [6.45, 7) is 0.210. The smallest absolute Gasteiger partial charge is 0.0499 e. The van der Waals surface area contributed by atoms with Gasteiger partial charge in [-0.15, -0.1) is 11.3 Å². The largest absolute Gasteiger partial charge is 0.396 e. The molecule has 2 aromatic rings. The number of aliphatic hydroxyl groups excluding tert-OH is 1. The number of hydrogen-bond donors (Lipinski definition) is 1. The molecule has 0 fully saturated rings. The zero-order valence-electron chi connectivity index (χ0n) is 9.47. The van der Waals surface area contributed by atoms with Crippen LogP contribution in [-0.2, 0) is 6.42 Å². The summed E-state index contributed by atoms with van der Waals surface area (Å²) in [6, 6.07) is 12.4. The van der Waals surface area contributed by atoms with E-state index in [1.54, 1.807) is 11.3 Å². The molecule has 0 amide bonds. The third kappa shape index (κ3) is 3.66. The Labute approximate surface area is 114 Å². The summed E-state index contributed by atoms with van der Waals surface area (Å²) in [4.78, 5) is 1.39. The molecule has 1 atom stereocenters. The van der Waals surface area contributed by atoms with E-state index in [1.807, 2.05) is 12.1 Å². The van der Waals surface area contributed by atoms with Crippen LogP contribution in [0, 0.1) is 0 Å². The van der Waals surface area contributed by atoms with E-state index >= 15 is 0 Å². The second kappa shape index (κ2) is 6.34. The molecule has 0 aliphatic carbocycles. The van der Waals surface area contributed by atoms with Gasteiger partial charge < -0.3 is 5.11 Å². The Bertz CT molecular complexity index is 453. The molecule has 2 rings (SSSR count). The summed E-state index contributed by atoms with van der Waals surface area (Å²) in [6.07, 6.45) is 2.03. The van der Waals surface area contributed by atoms with Gasteiger partial charge in [-0.3, -0.25) is 0 Å². The molecule has 0 aliphatic rings. The van der Waals surface area contributed by atoms with Crippen molar-refractivity contribution in [2.45, 2.75) is 18.8 Å². The molecule has 17 heavy (non-hydrogen) atoms. The van der Waals surface area contributed by atoms with E-state index in [4.69, 9.17) is 0 Å². The van der Waals surface area contributed by atoms with Gasteiger partial charge in [0, 0.05) is 21.9 Å². The molecule has 0 saturated carbocycles. The van der Waals surface area contributed by atoms with Crippen molar-refractivity contribution in [2.24, 2.45) is 0 Å². The maximum Gasteiger partial charge on any atom is 0.0499 e. The fraction of sp³-hybridized carbons (Fsp3) is 0.286. The van der Waals surface area contributed by atoms with Gasteiger partial charge in [-0.1, -0.05) is 34.1 Å². The van der Waals surface area contributed by atoms with E-state index in [0.717, 1.165) is 17.3 Å². The molecule has 1 unspecified atom stereocenters. The molecule has 90 valence electrons. The number of halogens is 1. The highest BCUT2D eigenvalue weighted by molar-refractivity contribution is 9.10. The first-order valence-corrected chi connectivity index (χ1v) is 7.35. The minimum absolute atomic E-state index is 0.210. The lowest BCUT2D eigenvalue weighted by Gasteiger charge is -2.14. The van der Waals surface area contributed by atoms with Crippen LogP contribution in [0.25, 0.3) is 0 Å². The molecule has 0 saturated heterocycles. The predicted octanol–water partition coefficient (Wildman–Crippen LogP) is 4.22. The zero-order valence-corrected chi connectivity index (χ0v) is 11.9. The topological polar surface area (TPSA) is 20.2 Å². The highest BCUT2D eigenvalue weighted by Gasteiger charge is 2.11. The van der Waals surface area contributed by atoms with E-state index in [-0.39, 0.29) is 12.5 Å². The first-order chi connectivity index (χ1) is 8.29. The fourth-order valence-corrected chi connectivity index (χ4v) is 3.04. The maximum absolute atomic E-state index is 9.49. The van der Waals surface area contributed by atoms with Gasteiger partial charge in [0.2, 0.25) is 0 Å². The number of benzene rings is 1. The molecule has 1 aromatic heterocycles. The van der Waals surface area contributed by atoms with Crippen molar-refractivity contribution >= 4 is 27.3 Å². The van der Waals surface area contributed by atoms with Crippen LogP contribution in [0.15, 0.2) is 46.3 Å². The Morgan fingerprint density at radius 2 is 2.12 bits per heavy atom. The van der Waals surface area contributed by atoms with Crippen molar-refractivity contribution in [3.63, 3.8) is 0 Å². The highest BCUT2D eigenvalue weighted by atomic mass is 79.9. The summed E-state index contributed by atoms with van der Waals surface area (Å²) in [7, 11) is 0. The number of aryl methyl sites for hydroxylation is 1. The lowest BCUT2D eigenvalue weighted by Crippen LogP contribution is -2.05. The van der Waals surface area contributed by atoms with Gasteiger partial charge >= 0.3 is 0 Å². The minimum atomic E-state index is 0.210. The quantitative estimate of drug-likeness (QED) is 0.876. The Kier molecular flexibility index (Phi) is 4.77. The van der Waals surface area contributed by atoms with Crippen LogP contribution < -0.4 is 0 Å². The summed E-state index contributed by atoms with van der Waals surface area (Å²) in [5.74, 6) is 0.231. The lowest BCUT2D eigenvalue weighted by atomic mass is 9.95. The molecule has 3 heteroatoms. The van der Waals surface area contributed by atoms with Gasteiger partial charge in [0.25, 0.3) is 0 Å². The van der Waals surface area contributed by atoms with E-state index in [2.05, 4.69) is 45.6 Å². The molecule has 0 spiro atoms. The number of aliphatic hydroxyl groups is 1. The van der Waals surface area contributed by atoms with Crippen LogP contribution >= 0.6 is 27.3 Å². The average molecular weight is 311 g/mol. The standard InChI is InChI=1S/C14H15BrOS/c15-13-4-1-3-11(9-13)12(10-16)6-7-14-5-2-8-17-14/h1-5,8-9,12,16H,6-7,10H2. The third-order valence-corrected chi connectivity index (χ3v) is 4.29. The van der Waals surface area contributed by atoms with Crippen molar-refractivity contribution in [3.8, 4) is 0 Å². The minimum Gasteiger partial charge on any atom is -0.396 e. The van der Waals surface area contributed by atoms with Crippen molar-refractivity contribution in [2.75, 3.05) is 6.61 Å². The molecule has 1 heterocycles. The zero-order chi connectivity index (χ0) is 12.1. The Morgan fingerprint density at radius 3 is 2.76 bits per heavy atom. The van der Waals surface area contributed by atoms with Gasteiger partial charge in [0.1, 0.15) is 0 Å². The molecule has 1 aromatic carbocycles. The summed E-state index contributed by atoms with van der Waals surface area (Å²) >= 11 is 5.25. The van der Waals surface area contributed by atoms with Gasteiger partial charge in [0.05, 0.1) is 0 Å². The van der Waals surface area contributed by atoms with Crippen LogP contribution in [0.5, 0.6) is 0 Å². The Morgan fingerprint density at radius 1 is 1.24 bits per heavy atom. The molecule has 0 bridgehead atoms. The summed E-state index contributed by atoms with van der Waals surface area (Å²) in [5.41, 5.74) is 1.21. The van der Waals surface area contributed by atoms with Gasteiger partial charge in [0.15, 0.2) is 0 Å².